The van der Waals surface area contributed by atoms with Crippen molar-refractivity contribution in [1.82, 2.24) is 0 Å². The second-order valence-electron chi connectivity index (χ2n) is 6.53. The molecule has 0 saturated heterocycles. The number of benzene rings is 2. The Morgan fingerprint density at radius 1 is 0.692 bits per heavy atom. The van der Waals surface area contributed by atoms with Crippen molar-refractivity contribution in [3.63, 3.8) is 0 Å². The lowest BCUT2D eigenvalue weighted by molar-refractivity contribution is -0.142. The summed E-state index contributed by atoms with van der Waals surface area (Å²) in [5.74, 6) is -1.92. The first-order valence-corrected chi connectivity index (χ1v) is 8.93. The minimum absolute atomic E-state index is 0.250. The molecule has 2 aromatic rings. The summed E-state index contributed by atoms with van der Waals surface area (Å²) < 4.78 is 0. The number of aliphatic carboxylic acids is 2. The molecule has 0 spiro atoms. The number of carboxylic acids is 2. The first kappa shape index (κ1) is 21.4. The average molecular weight is 356 g/mol. The van der Waals surface area contributed by atoms with Gasteiger partial charge in [0.05, 0.1) is 11.8 Å². The van der Waals surface area contributed by atoms with Gasteiger partial charge in [-0.3, -0.25) is 9.59 Å². The SMILES string of the molecule is CC(CCc1ccccc1)C(=O)O.CC(CCc1ccccc1)C(=O)O. The molecule has 0 radical (unpaired) electrons. The largest absolute Gasteiger partial charge is 0.481 e. The molecule has 2 N–H and O–H groups in total. The first-order valence-electron chi connectivity index (χ1n) is 8.93. The highest BCUT2D eigenvalue weighted by Crippen LogP contribution is 2.10. The van der Waals surface area contributed by atoms with E-state index in [0.29, 0.717) is 12.8 Å². The van der Waals surface area contributed by atoms with Gasteiger partial charge >= 0.3 is 11.9 Å². The van der Waals surface area contributed by atoms with Gasteiger partial charge in [-0.15, -0.1) is 0 Å². The smallest absolute Gasteiger partial charge is 0.306 e. The van der Waals surface area contributed by atoms with E-state index in [1.165, 1.54) is 11.1 Å². The Kier molecular flexibility index (Phi) is 9.77. The second-order valence-corrected chi connectivity index (χ2v) is 6.53. The van der Waals surface area contributed by atoms with Crippen LogP contribution in [0.1, 0.15) is 37.8 Å². The zero-order valence-electron chi connectivity index (χ0n) is 15.5. The van der Waals surface area contributed by atoms with Crippen molar-refractivity contribution < 1.29 is 19.8 Å². The maximum Gasteiger partial charge on any atom is 0.306 e. The fraction of sp³-hybridized carbons (Fsp3) is 0.364. The van der Waals surface area contributed by atoms with Gasteiger partial charge in [0.25, 0.3) is 0 Å². The molecule has 0 heterocycles. The number of hydrogen-bond acceptors (Lipinski definition) is 2. The van der Waals surface area contributed by atoms with Crippen LogP contribution in [-0.2, 0) is 22.4 Å². The quantitative estimate of drug-likeness (QED) is 0.720. The molecule has 0 aromatic heterocycles. The van der Waals surface area contributed by atoms with Crippen LogP contribution in [0.4, 0.5) is 0 Å². The molecule has 4 heteroatoms. The topological polar surface area (TPSA) is 74.6 Å². The Balaban J connectivity index is 0.000000260. The fourth-order valence-corrected chi connectivity index (χ4v) is 2.30. The highest BCUT2D eigenvalue weighted by Gasteiger charge is 2.10. The summed E-state index contributed by atoms with van der Waals surface area (Å²) in [7, 11) is 0. The molecule has 0 saturated carbocycles. The summed E-state index contributed by atoms with van der Waals surface area (Å²) in [4.78, 5) is 21.0. The molecule has 0 amide bonds. The molecule has 2 rings (SSSR count). The molecule has 0 aliphatic carbocycles. The summed E-state index contributed by atoms with van der Waals surface area (Å²) in [5, 5.41) is 17.3. The van der Waals surface area contributed by atoms with Crippen molar-refractivity contribution in [3.8, 4) is 0 Å². The molecule has 2 aromatic carbocycles. The van der Waals surface area contributed by atoms with Crippen LogP contribution < -0.4 is 0 Å². The van der Waals surface area contributed by atoms with Gasteiger partial charge in [0.15, 0.2) is 0 Å². The Morgan fingerprint density at radius 2 is 1.00 bits per heavy atom. The normalized spacial score (nSPS) is 12.4. The summed E-state index contributed by atoms with van der Waals surface area (Å²) in [6.07, 6.45) is 3.10. The summed E-state index contributed by atoms with van der Waals surface area (Å²) in [6.45, 7) is 3.48. The van der Waals surface area contributed by atoms with E-state index in [1.54, 1.807) is 13.8 Å². The molecular weight excluding hydrogens is 328 g/mol. The van der Waals surface area contributed by atoms with E-state index in [-0.39, 0.29) is 11.8 Å². The van der Waals surface area contributed by atoms with E-state index >= 15 is 0 Å². The minimum atomic E-state index is -0.712. The van der Waals surface area contributed by atoms with Crippen molar-refractivity contribution in [2.24, 2.45) is 11.8 Å². The number of carboxylic acid groups (broad SMARTS) is 2. The maximum absolute atomic E-state index is 10.5. The second kappa shape index (κ2) is 11.9. The van der Waals surface area contributed by atoms with Crippen LogP contribution in [0, 0.1) is 11.8 Å². The van der Waals surface area contributed by atoms with Gasteiger partial charge in [-0.2, -0.15) is 0 Å². The van der Waals surface area contributed by atoms with Crippen LogP contribution in [0.3, 0.4) is 0 Å². The van der Waals surface area contributed by atoms with Gasteiger partial charge in [0.1, 0.15) is 0 Å². The van der Waals surface area contributed by atoms with E-state index < -0.39 is 11.9 Å². The predicted molar refractivity (Wildman–Crippen MR) is 103 cm³/mol. The van der Waals surface area contributed by atoms with E-state index in [1.807, 2.05) is 60.7 Å². The monoisotopic (exact) mass is 356 g/mol. The lowest BCUT2D eigenvalue weighted by Gasteiger charge is -2.05. The first-order chi connectivity index (χ1) is 12.4. The van der Waals surface area contributed by atoms with Gasteiger partial charge in [-0.1, -0.05) is 74.5 Å². The Morgan fingerprint density at radius 3 is 1.27 bits per heavy atom. The minimum Gasteiger partial charge on any atom is -0.481 e. The average Bonchev–Trinajstić information content (AvgIpc) is 2.66. The molecule has 0 fully saturated rings. The highest BCUT2D eigenvalue weighted by molar-refractivity contribution is 5.69. The number of aryl methyl sites for hydroxylation is 2. The molecule has 26 heavy (non-hydrogen) atoms. The summed E-state index contributed by atoms with van der Waals surface area (Å²) in [6, 6.07) is 19.9. The third kappa shape index (κ3) is 9.02. The van der Waals surface area contributed by atoms with E-state index in [2.05, 4.69) is 0 Å². The number of carbonyl (C=O) groups is 2. The van der Waals surface area contributed by atoms with Gasteiger partial charge in [0.2, 0.25) is 0 Å². The van der Waals surface area contributed by atoms with Crippen molar-refractivity contribution in [1.29, 1.82) is 0 Å². The maximum atomic E-state index is 10.5. The van der Waals surface area contributed by atoms with Crippen LogP contribution >= 0.6 is 0 Å². The molecule has 2 atom stereocenters. The van der Waals surface area contributed by atoms with Crippen molar-refractivity contribution >= 4 is 11.9 Å². The van der Waals surface area contributed by atoms with E-state index in [0.717, 1.165) is 12.8 Å². The fourth-order valence-electron chi connectivity index (χ4n) is 2.30. The Bertz CT molecular complexity index is 593. The molecule has 0 aliphatic heterocycles. The third-order valence-electron chi connectivity index (χ3n) is 4.26. The standard InChI is InChI=1S/2C11H14O2/c2*1-9(11(12)13)7-8-10-5-3-2-4-6-10/h2*2-6,9H,7-8H2,1H3,(H,12,13). The van der Waals surface area contributed by atoms with Crippen LogP contribution in [0.2, 0.25) is 0 Å². The van der Waals surface area contributed by atoms with Crippen LogP contribution in [0.5, 0.6) is 0 Å². The van der Waals surface area contributed by atoms with E-state index in [9.17, 15) is 9.59 Å². The molecule has 0 bridgehead atoms. The molecule has 4 nitrogen and oxygen atoms in total. The lowest BCUT2D eigenvalue weighted by atomic mass is 10.0. The summed E-state index contributed by atoms with van der Waals surface area (Å²) >= 11 is 0. The molecule has 0 aliphatic rings. The zero-order valence-corrected chi connectivity index (χ0v) is 15.5. The molecular formula is C22H28O4. The Hall–Kier alpha value is -2.62. The Labute approximate surface area is 155 Å². The summed E-state index contributed by atoms with van der Waals surface area (Å²) in [5.41, 5.74) is 2.41. The zero-order chi connectivity index (χ0) is 19.4. The molecule has 140 valence electrons. The van der Waals surface area contributed by atoms with Crippen LogP contribution in [0.15, 0.2) is 60.7 Å². The van der Waals surface area contributed by atoms with Crippen LogP contribution in [0.25, 0.3) is 0 Å². The number of hydrogen-bond donors (Lipinski definition) is 2. The van der Waals surface area contributed by atoms with Crippen molar-refractivity contribution in [2.45, 2.75) is 39.5 Å². The third-order valence-corrected chi connectivity index (χ3v) is 4.26. The van der Waals surface area contributed by atoms with Gasteiger partial charge in [0, 0.05) is 0 Å². The van der Waals surface area contributed by atoms with Crippen molar-refractivity contribution in [3.05, 3.63) is 71.8 Å². The predicted octanol–water partition coefficient (Wildman–Crippen LogP) is 4.68. The van der Waals surface area contributed by atoms with Crippen LogP contribution in [-0.4, -0.2) is 22.2 Å². The van der Waals surface area contributed by atoms with Crippen molar-refractivity contribution in [2.75, 3.05) is 0 Å². The lowest BCUT2D eigenvalue weighted by Crippen LogP contribution is -2.10. The highest BCUT2D eigenvalue weighted by atomic mass is 16.4. The van der Waals surface area contributed by atoms with E-state index in [4.69, 9.17) is 10.2 Å². The van der Waals surface area contributed by atoms with Gasteiger partial charge in [-0.25, -0.2) is 0 Å². The van der Waals surface area contributed by atoms with Gasteiger partial charge in [-0.05, 0) is 36.8 Å². The number of rotatable bonds is 8. The van der Waals surface area contributed by atoms with Gasteiger partial charge < -0.3 is 10.2 Å². The molecule has 2 unspecified atom stereocenters.